The fourth-order valence-electron chi connectivity index (χ4n) is 1.74. The molecule has 2 atom stereocenters. The van der Waals surface area contributed by atoms with Crippen LogP contribution >= 0.6 is 0 Å². The van der Waals surface area contributed by atoms with Gasteiger partial charge in [-0.05, 0) is 12.8 Å². The molecule has 0 aliphatic carbocycles. The van der Waals surface area contributed by atoms with Gasteiger partial charge in [-0.3, -0.25) is 0 Å². The zero-order valence-electron chi connectivity index (χ0n) is 9.92. The highest BCUT2D eigenvalue weighted by Crippen LogP contribution is 2.12. The van der Waals surface area contributed by atoms with Crippen molar-refractivity contribution < 1.29 is 9.84 Å². The van der Waals surface area contributed by atoms with Gasteiger partial charge in [-0.15, -0.1) is 0 Å². The average Bonchev–Trinajstić information content (AvgIpc) is 2.17. The molecule has 14 heavy (non-hydrogen) atoms. The third-order valence-corrected chi connectivity index (χ3v) is 2.79. The van der Waals surface area contributed by atoms with E-state index in [0.29, 0.717) is 25.1 Å². The summed E-state index contributed by atoms with van der Waals surface area (Å²) in [6.07, 6.45) is 1.98. The second-order valence-corrected chi connectivity index (χ2v) is 3.88. The number of hydrogen-bond acceptors (Lipinski definition) is 3. The molecule has 0 aliphatic rings. The third-order valence-electron chi connectivity index (χ3n) is 2.79. The molecule has 0 aliphatic heterocycles. The zero-order valence-corrected chi connectivity index (χ0v) is 9.92. The highest BCUT2D eigenvalue weighted by atomic mass is 16.5. The minimum Gasteiger partial charge on any atom is -0.389 e. The lowest BCUT2D eigenvalue weighted by atomic mass is 9.95. The van der Waals surface area contributed by atoms with E-state index in [4.69, 9.17) is 4.74 Å². The van der Waals surface area contributed by atoms with Crippen molar-refractivity contribution in [1.29, 1.82) is 0 Å². The molecule has 0 amide bonds. The van der Waals surface area contributed by atoms with Crippen molar-refractivity contribution in [2.75, 3.05) is 20.3 Å². The molecule has 86 valence electrons. The van der Waals surface area contributed by atoms with Crippen LogP contribution in [0.1, 0.15) is 33.6 Å². The molecule has 0 aromatic heterocycles. The summed E-state index contributed by atoms with van der Waals surface area (Å²) in [7, 11) is 1.60. The lowest BCUT2D eigenvalue weighted by molar-refractivity contribution is 0.0614. The second kappa shape index (κ2) is 8.21. The molecule has 2 unspecified atom stereocenters. The first-order valence-electron chi connectivity index (χ1n) is 5.56. The molecule has 0 rings (SSSR count). The number of ether oxygens (including phenoxy) is 1. The molecule has 0 fully saturated rings. The van der Waals surface area contributed by atoms with Crippen molar-refractivity contribution in [3.8, 4) is 0 Å². The zero-order chi connectivity index (χ0) is 11.0. The van der Waals surface area contributed by atoms with E-state index in [0.717, 1.165) is 0 Å². The molecule has 3 nitrogen and oxygen atoms in total. The van der Waals surface area contributed by atoms with E-state index in [1.807, 2.05) is 0 Å². The largest absolute Gasteiger partial charge is 0.389 e. The Bertz CT molecular complexity index is 126. The summed E-state index contributed by atoms with van der Waals surface area (Å²) in [4.78, 5) is 0. The van der Waals surface area contributed by atoms with Crippen molar-refractivity contribution in [2.24, 2.45) is 5.92 Å². The fourth-order valence-corrected chi connectivity index (χ4v) is 1.74. The third kappa shape index (κ3) is 5.58. The van der Waals surface area contributed by atoms with E-state index < -0.39 is 6.10 Å². The maximum Gasteiger partial charge on any atom is 0.0897 e. The van der Waals surface area contributed by atoms with Gasteiger partial charge in [0.2, 0.25) is 0 Å². The van der Waals surface area contributed by atoms with Crippen LogP contribution in [0.5, 0.6) is 0 Å². The van der Waals surface area contributed by atoms with E-state index in [1.165, 1.54) is 12.8 Å². The number of rotatable bonds is 8. The van der Waals surface area contributed by atoms with Gasteiger partial charge in [-0.25, -0.2) is 0 Å². The molecular weight excluding hydrogens is 178 g/mol. The van der Waals surface area contributed by atoms with Crippen molar-refractivity contribution >= 4 is 0 Å². The van der Waals surface area contributed by atoms with Gasteiger partial charge in [0.05, 0.1) is 12.7 Å². The highest BCUT2D eigenvalue weighted by molar-refractivity contribution is 4.71. The first kappa shape index (κ1) is 13.9. The number of methoxy groups -OCH3 is 1. The van der Waals surface area contributed by atoms with Crippen LogP contribution in [-0.4, -0.2) is 37.5 Å². The summed E-state index contributed by atoms with van der Waals surface area (Å²) in [5.74, 6) is 0.699. The Balaban J connectivity index is 3.65. The van der Waals surface area contributed by atoms with Crippen molar-refractivity contribution in [1.82, 2.24) is 5.32 Å². The minimum absolute atomic E-state index is 0.392. The maximum atomic E-state index is 9.44. The number of nitrogens with one attached hydrogen (secondary N) is 1. The van der Waals surface area contributed by atoms with Gasteiger partial charge in [0.15, 0.2) is 0 Å². The highest BCUT2D eigenvalue weighted by Gasteiger charge is 2.13. The summed E-state index contributed by atoms with van der Waals surface area (Å²) in [6.45, 7) is 7.61. The van der Waals surface area contributed by atoms with Crippen molar-refractivity contribution in [3.63, 3.8) is 0 Å². The summed E-state index contributed by atoms with van der Waals surface area (Å²) in [6, 6.07) is 0.469. The standard InChI is InChI=1S/C11H25NO2/c1-5-10(6-2)9(3)12-7-11(13)8-14-4/h9-13H,5-8H2,1-4H3. The summed E-state index contributed by atoms with van der Waals surface area (Å²) in [5.41, 5.74) is 0. The van der Waals surface area contributed by atoms with Crippen molar-refractivity contribution in [2.45, 2.75) is 45.8 Å². The van der Waals surface area contributed by atoms with Crippen LogP contribution in [0.15, 0.2) is 0 Å². The Morgan fingerprint density at radius 2 is 1.86 bits per heavy atom. The van der Waals surface area contributed by atoms with Gasteiger partial charge in [0, 0.05) is 19.7 Å². The van der Waals surface area contributed by atoms with Crippen molar-refractivity contribution in [3.05, 3.63) is 0 Å². The molecule has 0 heterocycles. The van der Waals surface area contributed by atoms with E-state index in [1.54, 1.807) is 7.11 Å². The number of aliphatic hydroxyl groups is 1. The number of hydrogen-bond donors (Lipinski definition) is 2. The Hall–Kier alpha value is -0.120. The predicted octanol–water partition coefficient (Wildman–Crippen LogP) is 1.41. The maximum absolute atomic E-state index is 9.44. The first-order valence-corrected chi connectivity index (χ1v) is 5.56. The van der Waals surface area contributed by atoms with Gasteiger partial charge in [0.25, 0.3) is 0 Å². The Morgan fingerprint density at radius 3 is 2.29 bits per heavy atom. The number of aliphatic hydroxyl groups excluding tert-OH is 1. The van der Waals surface area contributed by atoms with Crippen LogP contribution in [0.25, 0.3) is 0 Å². The quantitative estimate of drug-likeness (QED) is 0.626. The summed E-state index contributed by atoms with van der Waals surface area (Å²) < 4.78 is 4.86. The predicted molar refractivity (Wildman–Crippen MR) is 59.4 cm³/mol. The minimum atomic E-state index is -0.392. The molecule has 2 N–H and O–H groups in total. The van der Waals surface area contributed by atoms with E-state index in [-0.39, 0.29) is 0 Å². The molecule has 0 aromatic carbocycles. The van der Waals surface area contributed by atoms with Crippen LogP contribution in [0, 0.1) is 5.92 Å². The molecule has 0 bridgehead atoms. The summed E-state index contributed by atoms with van der Waals surface area (Å²) in [5, 5.41) is 12.8. The normalized spacial score (nSPS) is 15.9. The lowest BCUT2D eigenvalue weighted by Crippen LogP contribution is -2.39. The topological polar surface area (TPSA) is 41.5 Å². The monoisotopic (exact) mass is 203 g/mol. The van der Waals surface area contributed by atoms with E-state index >= 15 is 0 Å². The van der Waals surface area contributed by atoms with Crippen LogP contribution in [0.4, 0.5) is 0 Å². The van der Waals surface area contributed by atoms with Gasteiger partial charge in [-0.1, -0.05) is 26.7 Å². The first-order chi connectivity index (χ1) is 6.65. The molecule has 0 saturated heterocycles. The smallest absolute Gasteiger partial charge is 0.0897 e. The van der Waals surface area contributed by atoms with Gasteiger partial charge in [-0.2, -0.15) is 0 Å². The van der Waals surface area contributed by atoms with Crippen LogP contribution in [0.3, 0.4) is 0 Å². The van der Waals surface area contributed by atoms with E-state index in [9.17, 15) is 5.11 Å². The molecule has 0 radical (unpaired) electrons. The molecule has 0 saturated carbocycles. The van der Waals surface area contributed by atoms with Crippen LogP contribution < -0.4 is 5.32 Å². The van der Waals surface area contributed by atoms with Crippen LogP contribution in [0.2, 0.25) is 0 Å². The van der Waals surface area contributed by atoms with Gasteiger partial charge in [0.1, 0.15) is 0 Å². The Morgan fingerprint density at radius 1 is 1.29 bits per heavy atom. The molecule has 0 spiro atoms. The molecular formula is C11H25NO2. The van der Waals surface area contributed by atoms with Crippen LogP contribution in [-0.2, 0) is 4.74 Å². The second-order valence-electron chi connectivity index (χ2n) is 3.88. The Kier molecular flexibility index (Phi) is 8.14. The molecule has 3 heteroatoms. The SMILES string of the molecule is CCC(CC)C(C)NCC(O)COC. The Labute approximate surface area is 87.8 Å². The van der Waals surface area contributed by atoms with E-state index in [2.05, 4.69) is 26.1 Å². The van der Waals surface area contributed by atoms with Gasteiger partial charge >= 0.3 is 0 Å². The fraction of sp³-hybridized carbons (Fsp3) is 1.00. The lowest BCUT2D eigenvalue weighted by Gasteiger charge is -2.23. The summed E-state index contributed by atoms with van der Waals surface area (Å²) >= 11 is 0. The average molecular weight is 203 g/mol. The molecule has 0 aromatic rings. The van der Waals surface area contributed by atoms with Gasteiger partial charge < -0.3 is 15.2 Å².